The molecule has 0 amide bonds. The van der Waals surface area contributed by atoms with Gasteiger partial charge in [0.1, 0.15) is 0 Å². The summed E-state index contributed by atoms with van der Waals surface area (Å²) in [5, 5.41) is 11.6. The fourth-order valence-corrected chi connectivity index (χ4v) is 4.49. The predicted octanol–water partition coefficient (Wildman–Crippen LogP) is 6.38. The molecule has 1 fully saturated rings. The van der Waals surface area contributed by atoms with E-state index >= 15 is 0 Å². The van der Waals surface area contributed by atoms with Gasteiger partial charge in [-0.1, -0.05) is 56.0 Å². The molecule has 0 heterocycles. The van der Waals surface area contributed by atoms with Gasteiger partial charge in [-0.15, -0.1) is 0 Å². The zero-order valence-corrected chi connectivity index (χ0v) is 15.5. The van der Waals surface area contributed by atoms with Crippen molar-refractivity contribution in [2.75, 3.05) is 0 Å². The van der Waals surface area contributed by atoms with Gasteiger partial charge in [0, 0.05) is 0 Å². The lowest BCUT2D eigenvalue weighted by atomic mass is 9.58. The summed E-state index contributed by atoms with van der Waals surface area (Å²) >= 11 is 12.4. The van der Waals surface area contributed by atoms with Crippen LogP contribution in [0.4, 0.5) is 0 Å². The van der Waals surface area contributed by atoms with Crippen LogP contribution >= 0.6 is 23.2 Å². The summed E-state index contributed by atoms with van der Waals surface area (Å²) in [7, 11) is 0. The van der Waals surface area contributed by atoms with Crippen LogP contribution in [0.5, 0.6) is 0 Å². The average molecular weight is 343 g/mol. The molecule has 1 nitrogen and oxygen atoms in total. The molecule has 3 heteroatoms. The van der Waals surface area contributed by atoms with Crippen LogP contribution < -0.4 is 0 Å². The molecule has 124 valence electrons. The molecule has 1 atom stereocenters. The second-order valence-corrected chi connectivity index (χ2v) is 7.99. The molecule has 2 rings (SSSR count). The highest BCUT2D eigenvalue weighted by Gasteiger charge is 2.44. The van der Waals surface area contributed by atoms with Crippen LogP contribution in [0.3, 0.4) is 0 Å². The Labute approximate surface area is 145 Å². The molecule has 0 aliphatic heterocycles. The molecule has 1 N–H and O–H groups in total. The maximum absolute atomic E-state index is 10.4. The maximum Gasteiger partial charge on any atom is 0.0620 e. The number of aliphatic hydroxyl groups is 1. The Hall–Kier alpha value is -0.240. The third-order valence-corrected chi connectivity index (χ3v) is 6.36. The van der Waals surface area contributed by atoms with Gasteiger partial charge < -0.3 is 5.11 Å². The van der Waals surface area contributed by atoms with E-state index in [1.165, 1.54) is 18.4 Å². The third kappa shape index (κ3) is 3.63. The molecule has 0 unspecified atom stereocenters. The molecule has 1 aliphatic carbocycles. The van der Waals surface area contributed by atoms with Crippen molar-refractivity contribution in [3.63, 3.8) is 0 Å². The highest BCUT2D eigenvalue weighted by atomic mass is 35.5. The molecule has 1 aromatic carbocycles. The zero-order valence-electron chi connectivity index (χ0n) is 14.0. The van der Waals surface area contributed by atoms with Crippen LogP contribution in [-0.2, 0) is 5.41 Å². The second kappa shape index (κ2) is 7.11. The first kappa shape index (κ1) is 18.1. The minimum Gasteiger partial charge on any atom is -0.390 e. The van der Waals surface area contributed by atoms with Gasteiger partial charge in [0.05, 0.1) is 15.6 Å². The Balaban J connectivity index is 2.43. The Bertz CT molecular complexity index is 500. The fraction of sp³-hybridized carbons (Fsp3) is 0.684. The minimum atomic E-state index is -0.524. The Morgan fingerprint density at radius 1 is 1.09 bits per heavy atom. The van der Waals surface area contributed by atoms with Crippen molar-refractivity contribution in [3.8, 4) is 0 Å². The standard InChI is InChI=1S/C19H28Cl2O/c1-4-6-14(5-2)19(11-9-18(3,22)10-12-19)15-7-8-16(20)17(21)13-15/h7-8,13-14,22H,4-6,9-12H2,1-3H3/t14-,18-,19-/m0/s1. The van der Waals surface area contributed by atoms with E-state index in [1.54, 1.807) is 0 Å². The van der Waals surface area contributed by atoms with E-state index in [-0.39, 0.29) is 5.41 Å². The van der Waals surface area contributed by atoms with Crippen LogP contribution in [-0.4, -0.2) is 10.7 Å². The monoisotopic (exact) mass is 342 g/mol. The molecular formula is C19H28Cl2O. The Kier molecular flexibility index (Phi) is 5.85. The van der Waals surface area contributed by atoms with E-state index in [1.807, 2.05) is 13.0 Å². The third-order valence-electron chi connectivity index (χ3n) is 5.63. The van der Waals surface area contributed by atoms with Gasteiger partial charge in [0.15, 0.2) is 0 Å². The average Bonchev–Trinajstić information content (AvgIpc) is 2.48. The Morgan fingerprint density at radius 3 is 2.23 bits per heavy atom. The molecule has 0 spiro atoms. The molecule has 1 saturated carbocycles. The molecule has 0 bridgehead atoms. The van der Waals surface area contributed by atoms with Crippen molar-refractivity contribution in [2.24, 2.45) is 5.92 Å². The van der Waals surface area contributed by atoms with Crippen LogP contribution in [0.2, 0.25) is 10.0 Å². The Morgan fingerprint density at radius 2 is 1.73 bits per heavy atom. The van der Waals surface area contributed by atoms with Gasteiger partial charge in [-0.05, 0) is 68.1 Å². The normalized spacial score (nSPS) is 30.3. The van der Waals surface area contributed by atoms with E-state index in [9.17, 15) is 5.11 Å². The molecular weight excluding hydrogens is 315 g/mol. The van der Waals surface area contributed by atoms with Crippen LogP contribution in [0.15, 0.2) is 18.2 Å². The molecule has 1 aromatic rings. The zero-order chi connectivity index (χ0) is 16.4. The summed E-state index contributed by atoms with van der Waals surface area (Å²) in [6.07, 6.45) is 7.33. The number of benzene rings is 1. The predicted molar refractivity (Wildman–Crippen MR) is 95.9 cm³/mol. The molecule has 0 radical (unpaired) electrons. The summed E-state index contributed by atoms with van der Waals surface area (Å²) in [5.74, 6) is 0.630. The molecule has 0 aromatic heterocycles. The van der Waals surface area contributed by atoms with Crippen LogP contribution in [0.1, 0.15) is 71.3 Å². The number of rotatable bonds is 5. The van der Waals surface area contributed by atoms with E-state index in [4.69, 9.17) is 23.2 Å². The number of hydrogen-bond acceptors (Lipinski definition) is 1. The lowest BCUT2D eigenvalue weighted by Gasteiger charge is -2.48. The molecule has 22 heavy (non-hydrogen) atoms. The quantitative estimate of drug-likeness (QED) is 0.657. The largest absolute Gasteiger partial charge is 0.390 e. The van der Waals surface area contributed by atoms with Crippen molar-refractivity contribution >= 4 is 23.2 Å². The van der Waals surface area contributed by atoms with E-state index in [0.717, 1.165) is 32.1 Å². The molecule has 1 aliphatic rings. The fourth-order valence-electron chi connectivity index (χ4n) is 4.19. The number of hydrogen-bond donors (Lipinski definition) is 1. The first-order valence-electron chi connectivity index (χ1n) is 8.52. The smallest absolute Gasteiger partial charge is 0.0620 e. The van der Waals surface area contributed by atoms with Gasteiger partial charge in [-0.25, -0.2) is 0 Å². The lowest BCUT2D eigenvalue weighted by Crippen LogP contribution is -2.44. The topological polar surface area (TPSA) is 20.2 Å². The van der Waals surface area contributed by atoms with Gasteiger partial charge in [0.25, 0.3) is 0 Å². The van der Waals surface area contributed by atoms with Gasteiger partial charge in [-0.3, -0.25) is 0 Å². The number of halogens is 2. The van der Waals surface area contributed by atoms with Crippen molar-refractivity contribution in [3.05, 3.63) is 33.8 Å². The van der Waals surface area contributed by atoms with Crippen molar-refractivity contribution < 1.29 is 5.11 Å². The first-order valence-corrected chi connectivity index (χ1v) is 9.28. The SMILES string of the molecule is CCC[C@H](CC)[C@]1(c2ccc(Cl)c(Cl)c2)CC[C@](C)(O)CC1. The minimum absolute atomic E-state index is 0.126. The summed E-state index contributed by atoms with van der Waals surface area (Å²) in [6.45, 7) is 6.50. The van der Waals surface area contributed by atoms with Crippen molar-refractivity contribution in [1.82, 2.24) is 0 Å². The highest BCUT2D eigenvalue weighted by molar-refractivity contribution is 6.42. The summed E-state index contributed by atoms with van der Waals surface area (Å²) in [4.78, 5) is 0. The summed E-state index contributed by atoms with van der Waals surface area (Å²) in [6, 6.07) is 6.13. The van der Waals surface area contributed by atoms with Crippen molar-refractivity contribution in [2.45, 2.75) is 76.7 Å². The summed E-state index contributed by atoms with van der Waals surface area (Å²) < 4.78 is 0. The second-order valence-electron chi connectivity index (χ2n) is 7.18. The van der Waals surface area contributed by atoms with Gasteiger partial charge >= 0.3 is 0 Å². The first-order chi connectivity index (χ1) is 10.3. The van der Waals surface area contributed by atoms with Gasteiger partial charge in [0.2, 0.25) is 0 Å². The van der Waals surface area contributed by atoms with Crippen LogP contribution in [0, 0.1) is 5.92 Å². The van der Waals surface area contributed by atoms with E-state index < -0.39 is 5.60 Å². The van der Waals surface area contributed by atoms with Crippen LogP contribution in [0.25, 0.3) is 0 Å². The summed E-state index contributed by atoms with van der Waals surface area (Å²) in [5.41, 5.74) is 0.906. The van der Waals surface area contributed by atoms with E-state index in [2.05, 4.69) is 26.0 Å². The maximum atomic E-state index is 10.4. The van der Waals surface area contributed by atoms with Crippen molar-refractivity contribution in [1.29, 1.82) is 0 Å². The highest BCUT2D eigenvalue weighted by Crippen LogP contribution is 2.51. The molecule has 0 saturated heterocycles. The van der Waals surface area contributed by atoms with Gasteiger partial charge in [-0.2, -0.15) is 0 Å². The van der Waals surface area contributed by atoms with E-state index in [0.29, 0.717) is 16.0 Å². The lowest BCUT2D eigenvalue weighted by molar-refractivity contribution is -0.0139.